The molecule has 0 N–H and O–H groups in total. The molecule has 0 aliphatic heterocycles. The molecule has 2 aromatic heterocycles. The lowest BCUT2D eigenvalue weighted by Gasteiger charge is -2.12. The number of aromatic nitrogens is 4. The number of rotatable bonds is 8. The molecule has 5 nitrogen and oxygen atoms in total. The standard InChI is InChI=1S/C23H22N4OS/c1-2-28-21-13-7-6-11-20(21)17-29-23-26-25-22(19-12-8-14-24-15-19)27(23)16-18-9-4-3-5-10-18/h3-15H,2,16-17H2,1H3. The smallest absolute Gasteiger partial charge is 0.192 e. The van der Waals surface area contributed by atoms with Gasteiger partial charge in [-0.1, -0.05) is 60.3 Å². The third kappa shape index (κ3) is 4.66. The monoisotopic (exact) mass is 402 g/mol. The molecule has 4 aromatic rings. The minimum Gasteiger partial charge on any atom is -0.494 e. The number of ether oxygens (including phenoxy) is 1. The van der Waals surface area contributed by atoms with Crippen molar-refractivity contribution in [2.45, 2.75) is 24.4 Å². The van der Waals surface area contributed by atoms with Gasteiger partial charge >= 0.3 is 0 Å². The van der Waals surface area contributed by atoms with Crippen LogP contribution in [0.4, 0.5) is 0 Å². The molecule has 0 amide bonds. The molecule has 2 aromatic carbocycles. The highest BCUT2D eigenvalue weighted by Crippen LogP contribution is 2.30. The second-order valence-corrected chi connectivity index (χ2v) is 7.39. The van der Waals surface area contributed by atoms with Crippen molar-refractivity contribution >= 4 is 11.8 Å². The normalized spacial score (nSPS) is 10.8. The molecule has 0 saturated carbocycles. The molecule has 0 spiro atoms. The van der Waals surface area contributed by atoms with Crippen molar-refractivity contribution in [2.24, 2.45) is 0 Å². The van der Waals surface area contributed by atoms with Gasteiger partial charge in [0.2, 0.25) is 0 Å². The number of nitrogens with zero attached hydrogens (tertiary/aromatic N) is 4. The van der Waals surface area contributed by atoms with Gasteiger partial charge in [-0.05, 0) is 30.7 Å². The van der Waals surface area contributed by atoms with Crippen molar-refractivity contribution < 1.29 is 4.74 Å². The van der Waals surface area contributed by atoms with E-state index in [1.807, 2.05) is 49.5 Å². The molecule has 2 heterocycles. The molecule has 0 aliphatic rings. The van der Waals surface area contributed by atoms with Crippen molar-refractivity contribution in [2.75, 3.05) is 6.61 Å². The Morgan fingerprint density at radius 3 is 2.55 bits per heavy atom. The van der Waals surface area contributed by atoms with Crippen molar-refractivity contribution in [3.05, 3.63) is 90.3 Å². The maximum Gasteiger partial charge on any atom is 0.192 e. The Bertz CT molecular complexity index is 1050. The Kier molecular flexibility index (Phi) is 6.22. The summed E-state index contributed by atoms with van der Waals surface area (Å²) in [5.41, 5.74) is 3.31. The van der Waals surface area contributed by atoms with Crippen LogP contribution < -0.4 is 4.74 Å². The van der Waals surface area contributed by atoms with Crippen molar-refractivity contribution in [1.82, 2.24) is 19.7 Å². The molecule has 0 bridgehead atoms. The number of hydrogen-bond donors (Lipinski definition) is 0. The second kappa shape index (κ2) is 9.39. The van der Waals surface area contributed by atoms with Gasteiger partial charge in [-0.3, -0.25) is 9.55 Å². The highest BCUT2D eigenvalue weighted by Gasteiger charge is 2.16. The third-order valence-corrected chi connectivity index (χ3v) is 5.46. The van der Waals surface area contributed by atoms with Crippen LogP contribution in [-0.4, -0.2) is 26.4 Å². The van der Waals surface area contributed by atoms with E-state index < -0.39 is 0 Å². The molecule has 6 heteroatoms. The number of pyridine rings is 1. The first-order chi connectivity index (χ1) is 14.3. The summed E-state index contributed by atoms with van der Waals surface area (Å²) >= 11 is 1.66. The molecular formula is C23H22N4OS. The fourth-order valence-corrected chi connectivity index (χ4v) is 4.00. The summed E-state index contributed by atoms with van der Waals surface area (Å²) in [5.74, 6) is 2.50. The van der Waals surface area contributed by atoms with E-state index in [9.17, 15) is 0 Å². The molecule has 0 fully saturated rings. The quantitative estimate of drug-likeness (QED) is 0.385. The number of benzene rings is 2. The number of thioether (sulfide) groups is 1. The van der Waals surface area contributed by atoms with Crippen LogP contribution in [-0.2, 0) is 12.3 Å². The topological polar surface area (TPSA) is 52.8 Å². The maximum atomic E-state index is 5.76. The van der Waals surface area contributed by atoms with Crippen LogP contribution in [0.2, 0.25) is 0 Å². The van der Waals surface area contributed by atoms with Crippen molar-refractivity contribution in [3.8, 4) is 17.1 Å². The van der Waals surface area contributed by atoms with E-state index in [4.69, 9.17) is 4.74 Å². The maximum absolute atomic E-state index is 5.76. The molecule has 4 rings (SSSR count). The predicted molar refractivity (Wildman–Crippen MR) is 116 cm³/mol. The summed E-state index contributed by atoms with van der Waals surface area (Å²) in [5, 5.41) is 9.84. The highest BCUT2D eigenvalue weighted by molar-refractivity contribution is 7.98. The molecule has 0 atom stereocenters. The first kappa shape index (κ1) is 19.2. The number of para-hydroxylation sites is 1. The van der Waals surface area contributed by atoms with Crippen LogP contribution in [0, 0.1) is 0 Å². The lowest BCUT2D eigenvalue weighted by molar-refractivity contribution is 0.337. The first-order valence-corrected chi connectivity index (χ1v) is 10.5. The first-order valence-electron chi connectivity index (χ1n) is 9.56. The van der Waals surface area contributed by atoms with Crippen LogP contribution in [0.15, 0.2) is 84.3 Å². The summed E-state index contributed by atoms with van der Waals surface area (Å²) in [6.07, 6.45) is 3.59. The van der Waals surface area contributed by atoms with Gasteiger partial charge < -0.3 is 4.74 Å². The lowest BCUT2D eigenvalue weighted by atomic mass is 10.2. The van der Waals surface area contributed by atoms with E-state index in [1.54, 1.807) is 18.0 Å². The molecule has 0 saturated heterocycles. The number of hydrogen-bond acceptors (Lipinski definition) is 5. The Balaban J connectivity index is 1.64. The summed E-state index contributed by atoms with van der Waals surface area (Å²) in [4.78, 5) is 4.24. The average Bonchev–Trinajstić information content (AvgIpc) is 3.17. The summed E-state index contributed by atoms with van der Waals surface area (Å²) < 4.78 is 7.91. The largest absolute Gasteiger partial charge is 0.494 e. The van der Waals surface area contributed by atoms with Gasteiger partial charge in [0.25, 0.3) is 0 Å². The molecule has 146 valence electrons. The van der Waals surface area contributed by atoms with E-state index in [2.05, 4.69) is 50.1 Å². The Labute approximate surface area is 174 Å². The second-order valence-electron chi connectivity index (χ2n) is 6.45. The Morgan fingerprint density at radius 1 is 0.931 bits per heavy atom. The fraction of sp³-hybridized carbons (Fsp3) is 0.174. The van der Waals surface area contributed by atoms with Crippen molar-refractivity contribution in [3.63, 3.8) is 0 Å². The van der Waals surface area contributed by atoms with E-state index in [0.29, 0.717) is 13.2 Å². The summed E-state index contributed by atoms with van der Waals surface area (Å²) in [7, 11) is 0. The average molecular weight is 403 g/mol. The van der Waals surface area contributed by atoms with Gasteiger partial charge in [0.05, 0.1) is 13.2 Å². The van der Waals surface area contributed by atoms with Gasteiger partial charge in [0.1, 0.15) is 5.75 Å². The lowest BCUT2D eigenvalue weighted by Crippen LogP contribution is -2.04. The van der Waals surface area contributed by atoms with E-state index in [0.717, 1.165) is 33.6 Å². The van der Waals surface area contributed by atoms with Crippen LogP contribution in [0.3, 0.4) is 0 Å². The fourth-order valence-electron chi connectivity index (χ4n) is 3.07. The van der Waals surface area contributed by atoms with Gasteiger partial charge in [-0.25, -0.2) is 0 Å². The van der Waals surface area contributed by atoms with E-state index in [1.165, 1.54) is 5.56 Å². The summed E-state index contributed by atoms with van der Waals surface area (Å²) in [6, 6.07) is 22.4. The van der Waals surface area contributed by atoms with E-state index >= 15 is 0 Å². The van der Waals surface area contributed by atoms with Crippen LogP contribution in [0.1, 0.15) is 18.1 Å². The molecule has 0 radical (unpaired) electrons. The zero-order valence-electron chi connectivity index (χ0n) is 16.2. The SMILES string of the molecule is CCOc1ccccc1CSc1nnc(-c2cccnc2)n1Cc1ccccc1. The minimum absolute atomic E-state index is 0.650. The van der Waals surface area contributed by atoms with Gasteiger partial charge in [-0.2, -0.15) is 0 Å². The van der Waals surface area contributed by atoms with Gasteiger partial charge in [-0.15, -0.1) is 10.2 Å². The molecule has 0 unspecified atom stereocenters. The highest BCUT2D eigenvalue weighted by atomic mass is 32.2. The van der Waals surface area contributed by atoms with E-state index in [-0.39, 0.29) is 0 Å². The van der Waals surface area contributed by atoms with Gasteiger partial charge in [0.15, 0.2) is 11.0 Å². The van der Waals surface area contributed by atoms with Crippen LogP contribution in [0.5, 0.6) is 5.75 Å². The predicted octanol–water partition coefficient (Wildman–Crippen LogP) is 5.08. The van der Waals surface area contributed by atoms with Crippen LogP contribution >= 0.6 is 11.8 Å². The molecule has 0 aliphatic carbocycles. The zero-order valence-corrected chi connectivity index (χ0v) is 17.0. The summed E-state index contributed by atoms with van der Waals surface area (Å²) in [6.45, 7) is 3.35. The van der Waals surface area contributed by atoms with Crippen molar-refractivity contribution in [1.29, 1.82) is 0 Å². The molecular weight excluding hydrogens is 380 g/mol. The zero-order chi connectivity index (χ0) is 19.9. The third-order valence-electron chi connectivity index (χ3n) is 4.45. The Morgan fingerprint density at radius 2 is 1.76 bits per heavy atom. The van der Waals surface area contributed by atoms with Crippen LogP contribution in [0.25, 0.3) is 11.4 Å². The minimum atomic E-state index is 0.650. The van der Waals surface area contributed by atoms with Gasteiger partial charge in [0, 0.05) is 29.3 Å². The molecule has 29 heavy (non-hydrogen) atoms. The Hall–Kier alpha value is -3.12.